The van der Waals surface area contributed by atoms with Gasteiger partial charge in [0.25, 0.3) is 5.56 Å². The number of hydrogen-bond donors (Lipinski definition) is 1. The monoisotopic (exact) mass is 325 g/mol. The van der Waals surface area contributed by atoms with Crippen molar-refractivity contribution >= 4 is 28.9 Å². The summed E-state index contributed by atoms with van der Waals surface area (Å²) in [6.45, 7) is 2.80. The van der Waals surface area contributed by atoms with Gasteiger partial charge in [0.05, 0.1) is 23.7 Å². The minimum atomic E-state index is -0.407. The van der Waals surface area contributed by atoms with Crippen molar-refractivity contribution < 1.29 is 5.11 Å². The van der Waals surface area contributed by atoms with E-state index in [9.17, 15) is 9.90 Å². The van der Waals surface area contributed by atoms with Crippen LogP contribution in [0.3, 0.4) is 0 Å². The van der Waals surface area contributed by atoms with E-state index in [1.165, 1.54) is 10.9 Å². The molecule has 0 saturated carbocycles. The quantitative estimate of drug-likeness (QED) is 0.917. The third-order valence-electron chi connectivity index (χ3n) is 3.50. The van der Waals surface area contributed by atoms with Crippen molar-refractivity contribution in [3.8, 4) is 5.69 Å². The van der Waals surface area contributed by atoms with Crippen LogP contribution in [-0.2, 0) is 0 Å². The van der Waals surface area contributed by atoms with Gasteiger partial charge in [-0.3, -0.25) is 4.79 Å². The van der Waals surface area contributed by atoms with Crippen LogP contribution in [-0.4, -0.2) is 34.1 Å². The van der Waals surface area contributed by atoms with Crippen molar-refractivity contribution in [2.75, 3.05) is 18.0 Å². The Morgan fingerprint density at radius 1 is 1.33 bits per heavy atom. The van der Waals surface area contributed by atoms with Gasteiger partial charge < -0.3 is 10.0 Å². The molecule has 0 amide bonds. The fourth-order valence-corrected chi connectivity index (χ4v) is 2.62. The maximum atomic E-state index is 12.3. The molecular formula is C14H13Cl2N3O2. The standard InChI is InChI=1S/C14H13Cl2N3O2/c1-8-2-3-9(4-11(8)15)19-14(21)13(16)12(5-17-19)18-6-10(20)7-18/h2-5,10,20H,6-7H2,1H3. The van der Waals surface area contributed by atoms with E-state index in [1.54, 1.807) is 12.1 Å². The number of aliphatic hydroxyl groups excluding tert-OH is 1. The highest BCUT2D eigenvalue weighted by Crippen LogP contribution is 2.26. The van der Waals surface area contributed by atoms with Crippen LogP contribution in [0.25, 0.3) is 5.69 Å². The zero-order valence-electron chi connectivity index (χ0n) is 11.3. The maximum absolute atomic E-state index is 12.3. The number of rotatable bonds is 2. The lowest BCUT2D eigenvalue weighted by Gasteiger charge is -2.37. The summed E-state index contributed by atoms with van der Waals surface area (Å²) in [5, 5.41) is 14.1. The van der Waals surface area contributed by atoms with E-state index < -0.39 is 5.56 Å². The molecule has 2 heterocycles. The molecule has 1 aromatic heterocycles. The maximum Gasteiger partial charge on any atom is 0.292 e. The predicted octanol–water partition coefficient (Wildman–Crippen LogP) is 2.03. The van der Waals surface area contributed by atoms with Crippen LogP contribution >= 0.6 is 23.2 Å². The summed E-state index contributed by atoms with van der Waals surface area (Å²) in [6, 6.07) is 5.26. The van der Waals surface area contributed by atoms with Gasteiger partial charge in [-0.15, -0.1) is 0 Å². The molecule has 0 unspecified atom stereocenters. The number of anilines is 1. The van der Waals surface area contributed by atoms with Gasteiger partial charge >= 0.3 is 0 Å². The fourth-order valence-electron chi connectivity index (χ4n) is 2.19. The third-order valence-corrected chi connectivity index (χ3v) is 4.27. The molecule has 1 N–H and O–H groups in total. The van der Waals surface area contributed by atoms with E-state index in [2.05, 4.69) is 5.10 Å². The van der Waals surface area contributed by atoms with Gasteiger partial charge in [-0.05, 0) is 24.6 Å². The molecule has 1 saturated heterocycles. The summed E-state index contributed by atoms with van der Waals surface area (Å²) < 4.78 is 1.22. The van der Waals surface area contributed by atoms with Crippen molar-refractivity contribution in [1.29, 1.82) is 0 Å². The second-order valence-corrected chi connectivity index (χ2v) is 5.84. The number of aryl methyl sites for hydroxylation is 1. The molecule has 1 aromatic carbocycles. The van der Waals surface area contributed by atoms with Crippen LogP contribution < -0.4 is 10.5 Å². The van der Waals surface area contributed by atoms with Crippen molar-refractivity contribution in [3.05, 3.63) is 50.4 Å². The Kier molecular flexibility index (Phi) is 3.65. The molecule has 1 fully saturated rings. The van der Waals surface area contributed by atoms with Crippen LogP contribution in [0.5, 0.6) is 0 Å². The van der Waals surface area contributed by atoms with E-state index in [4.69, 9.17) is 23.2 Å². The van der Waals surface area contributed by atoms with E-state index >= 15 is 0 Å². The first-order valence-corrected chi connectivity index (χ1v) is 7.20. The number of β-amino-alcohol motifs (C(OH)–C–C–N with tert-alkyl or cyclic N) is 1. The smallest absolute Gasteiger partial charge is 0.292 e. The number of aromatic nitrogens is 2. The molecule has 110 valence electrons. The van der Waals surface area contributed by atoms with Crippen molar-refractivity contribution in [2.45, 2.75) is 13.0 Å². The number of halogens is 2. The lowest BCUT2D eigenvalue weighted by molar-refractivity contribution is 0.142. The molecule has 1 aliphatic heterocycles. The largest absolute Gasteiger partial charge is 0.389 e. The first-order valence-electron chi connectivity index (χ1n) is 6.44. The molecule has 7 heteroatoms. The van der Waals surface area contributed by atoms with Crippen molar-refractivity contribution in [2.24, 2.45) is 0 Å². The number of benzene rings is 1. The van der Waals surface area contributed by atoms with Gasteiger partial charge in [-0.2, -0.15) is 9.78 Å². The molecule has 21 heavy (non-hydrogen) atoms. The first-order chi connectivity index (χ1) is 9.97. The second-order valence-electron chi connectivity index (χ2n) is 5.05. The SMILES string of the molecule is Cc1ccc(-n2ncc(N3CC(O)C3)c(Cl)c2=O)cc1Cl. The van der Waals surface area contributed by atoms with Gasteiger partial charge in [0.2, 0.25) is 0 Å². The minimum Gasteiger partial charge on any atom is -0.389 e. The average molecular weight is 326 g/mol. The third kappa shape index (κ3) is 2.52. The second kappa shape index (κ2) is 5.33. The lowest BCUT2D eigenvalue weighted by Crippen LogP contribution is -2.51. The summed E-state index contributed by atoms with van der Waals surface area (Å²) in [5.41, 5.74) is 1.62. The van der Waals surface area contributed by atoms with Crippen LogP contribution in [0.2, 0.25) is 10.0 Å². The predicted molar refractivity (Wildman–Crippen MR) is 82.8 cm³/mol. The van der Waals surface area contributed by atoms with Crippen molar-refractivity contribution in [3.63, 3.8) is 0 Å². The number of nitrogens with zero attached hydrogens (tertiary/aromatic N) is 3. The van der Waals surface area contributed by atoms with Crippen LogP contribution in [0.4, 0.5) is 5.69 Å². The summed E-state index contributed by atoms with van der Waals surface area (Å²) >= 11 is 12.2. The minimum absolute atomic E-state index is 0.0913. The van der Waals surface area contributed by atoms with E-state index in [0.29, 0.717) is 29.5 Å². The summed E-state index contributed by atoms with van der Waals surface area (Å²) in [6.07, 6.45) is 1.16. The van der Waals surface area contributed by atoms with E-state index in [-0.39, 0.29) is 11.1 Å². The highest BCUT2D eigenvalue weighted by atomic mass is 35.5. The van der Waals surface area contributed by atoms with Gasteiger partial charge in [-0.1, -0.05) is 29.3 Å². The van der Waals surface area contributed by atoms with E-state index in [0.717, 1.165) is 5.56 Å². The Morgan fingerprint density at radius 2 is 2.05 bits per heavy atom. The van der Waals surface area contributed by atoms with E-state index in [1.807, 2.05) is 17.9 Å². The summed E-state index contributed by atoms with van der Waals surface area (Å²) in [5.74, 6) is 0. The Hall–Kier alpha value is -1.56. The van der Waals surface area contributed by atoms with Gasteiger partial charge in [0, 0.05) is 18.1 Å². The summed E-state index contributed by atoms with van der Waals surface area (Å²) in [4.78, 5) is 14.2. The van der Waals surface area contributed by atoms with Crippen LogP contribution in [0.1, 0.15) is 5.56 Å². The Morgan fingerprint density at radius 3 is 2.67 bits per heavy atom. The zero-order chi connectivity index (χ0) is 15.1. The summed E-state index contributed by atoms with van der Waals surface area (Å²) in [7, 11) is 0. The molecule has 0 atom stereocenters. The number of aliphatic hydroxyl groups is 1. The lowest BCUT2D eigenvalue weighted by atomic mass is 10.1. The Balaban J connectivity index is 2.03. The molecule has 0 radical (unpaired) electrons. The van der Waals surface area contributed by atoms with Gasteiger partial charge in [0.1, 0.15) is 5.02 Å². The molecule has 0 bridgehead atoms. The highest BCUT2D eigenvalue weighted by Gasteiger charge is 2.27. The first kappa shape index (κ1) is 14.4. The topological polar surface area (TPSA) is 58.4 Å². The Labute approximate surface area is 131 Å². The average Bonchev–Trinajstić information content (AvgIpc) is 2.42. The molecule has 0 aliphatic carbocycles. The molecule has 1 aliphatic rings. The van der Waals surface area contributed by atoms with Crippen LogP contribution in [0.15, 0.2) is 29.2 Å². The molecule has 5 nitrogen and oxygen atoms in total. The normalized spacial score (nSPS) is 15.1. The van der Waals surface area contributed by atoms with Crippen molar-refractivity contribution in [1.82, 2.24) is 9.78 Å². The fraction of sp³-hybridized carbons (Fsp3) is 0.286. The Bertz CT molecular complexity index is 754. The zero-order valence-corrected chi connectivity index (χ0v) is 12.8. The molecule has 0 spiro atoms. The molecule has 2 aromatic rings. The van der Waals surface area contributed by atoms with Gasteiger partial charge in [0.15, 0.2) is 0 Å². The number of hydrogen-bond acceptors (Lipinski definition) is 4. The molecular weight excluding hydrogens is 313 g/mol. The highest BCUT2D eigenvalue weighted by molar-refractivity contribution is 6.33. The van der Waals surface area contributed by atoms with Gasteiger partial charge in [-0.25, -0.2) is 0 Å². The molecule has 3 rings (SSSR count). The van der Waals surface area contributed by atoms with Crippen LogP contribution in [0, 0.1) is 6.92 Å².